The summed E-state index contributed by atoms with van der Waals surface area (Å²) in [6, 6.07) is 8.59. The molecule has 0 aliphatic rings. The highest BCUT2D eigenvalue weighted by Gasteiger charge is 2.06. The highest BCUT2D eigenvalue weighted by atomic mass is 35.5. The third-order valence-corrected chi connectivity index (χ3v) is 4.03. The fourth-order valence-electron chi connectivity index (χ4n) is 1.81. The zero-order valence-corrected chi connectivity index (χ0v) is 12.9. The van der Waals surface area contributed by atoms with Crippen molar-refractivity contribution in [3.8, 4) is 0 Å². The quantitative estimate of drug-likeness (QED) is 0.823. The molecule has 2 aromatic rings. The molecule has 1 aromatic heterocycles. The molecule has 0 saturated heterocycles. The first-order chi connectivity index (χ1) is 9.71. The molecule has 1 N–H and O–H groups in total. The van der Waals surface area contributed by atoms with Crippen LogP contribution in [0.2, 0.25) is 0 Å². The van der Waals surface area contributed by atoms with E-state index in [0.29, 0.717) is 17.4 Å². The molecule has 0 unspecified atom stereocenters. The number of aryl methyl sites for hydroxylation is 1. The fraction of sp³-hybridized carbons (Fsp3) is 0.333. The first-order valence-corrected chi connectivity index (χ1v) is 7.94. The topological polar surface area (TPSA) is 42.0 Å². The lowest BCUT2D eigenvalue weighted by molar-refractivity contribution is -0.115. The summed E-state index contributed by atoms with van der Waals surface area (Å²) in [6.07, 6.45) is 4.02. The minimum Gasteiger partial charge on any atom is -0.302 e. The molecular formula is C15H17ClN2OS. The summed E-state index contributed by atoms with van der Waals surface area (Å²) >= 11 is 7.03. The van der Waals surface area contributed by atoms with Gasteiger partial charge < -0.3 is 5.32 Å². The van der Waals surface area contributed by atoms with E-state index in [1.54, 1.807) is 0 Å². The Morgan fingerprint density at radius 3 is 2.65 bits per heavy atom. The van der Waals surface area contributed by atoms with Gasteiger partial charge in [0.15, 0.2) is 5.13 Å². The van der Waals surface area contributed by atoms with E-state index in [0.717, 1.165) is 17.7 Å². The number of carbonyl (C=O) groups is 1. The van der Waals surface area contributed by atoms with Crippen LogP contribution in [0.1, 0.15) is 29.3 Å². The summed E-state index contributed by atoms with van der Waals surface area (Å²) in [7, 11) is 0. The normalized spacial score (nSPS) is 10.5. The number of anilines is 1. The molecule has 0 radical (unpaired) electrons. The third kappa shape index (κ3) is 4.32. The SMILES string of the molecule is CCc1ccc(Cc2cnc(NC(=O)CCCl)s2)cc1. The average Bonchev–Trinajstić information content (AvgIpc) is 2.87. The molecule has 0 fully saturated rings. The number of hydrogen-bond donors (Lipinski definition) is 1. The lowest BCUT2D eigenvalue weighted by Gasteiger charge is -2.00. The maximum Gasteiger partial charge on any atom is 0.227 e. The van der Waals surface area contributed by atoms with E-state index in [1.807, 2.05) is 6.20 Å². The number of thiazole rings is 1. The second-order valence-corrected chi connectivity index (χ2v) is 5.96. The molecular weight excluding hydrogens is 292 g/mol. The van der Waals surface area contributed by atoms with Crippen molar-refractivity contribution < 1.29 is 4.79 Å². The molecule has 0 bridgehead atoms. The van der Waals surface area contributed by atoms with Gasteiger partial charge >= 0.3 is 0 Å². The number of benzene rings is 1. The fourth-order valence-corrected chi connectivity index (χ4v) is 2.84. The van der Waals surface area contributed by atoms with E-state index in [1.165, 1.54) is 22.5 Å². The Kier molecular flexibility index (Phi) is 5.56. The first-order valence-electron chi connectivity index (χ1n) is 6.59. The Morgan fingerprint density at radius 1 is 1.30 bits per heavy atom. The Bertz CT molecular complexity index is 566. The standard InChI is InChI=1S/C15H17ClN2OS/c1-2-11-3-5-12(6-4-11)9-13-10-17-15(20-13)18-14(19)7-8-16/h3-6,10H,2,7-9H2,1H3,(H,17,18,19). The van der Waals surface area contributed by atoms with Crippen LogP contribution in [0.5, 0.6) is 0 Å². The van der Waals surface area contributed by atoms with Crippen LogP contribution in [-0.4, -0.2) is 16.8 Å². The molecule has 0 aliphatic heterocycles. The zero-order valence-electron chi connectivity index (χ0n) is 11.4. The van der Waals surface area contributed by atoms with Crippen molar-refractivity contribution in [1.82, 2.24) is 4.98 Å². The summed E-state index contributed by atoms with van der Waals surface area (Å²) in [6.45, 7) is 2.15. The van der Waals surface area contributed by atoms with Gasteiger partial charge in [-0.1, -0.05) is 31.2 Å². The predicted molar refractivity (Wildman–Crippen MR) is 84.7 cm³/mol. The molecule has 1 heterocycles. The second kappa shape index (κ2) is 7.41. The molecule has 0 saturated carbocycles. The van der Waals surface area contributed by atoms with Crippen molar-refractivity contribution >= 4 is 34.0 Å². The second-order valence-electron chi connectivity index (χ2n) is 4.47. The summed E-state index contributed by atoms with van der Waals surface area (Å²) < 4.78 is 0. The van der Waals surface area contributed by atoms with Gasteiger partial charge in [-0.15, -0.1) is 22.9 Å². The van der Waals surface area contributed by atoms with Gasteiger partial charge in [-0.25, -0.2) is 4.98 Å². The summed E-state index contributed by atoms with van der Waals surface area (Å²) in [5, 5.41) is 3.39. The van der Waals surface area contributed by atoms with Crippen molar-refractivity contribution in [3.63, 3.8) is 0 Å². The third-order valence-electron chi connectivity index (χ3n) is 2.93. The van der Waals surface area contributed by atoms with E-state index in [2.05, 4.69) is 41.5 Å². The number of halogens is 1. The Labute approximate surface area is 128 Å². The number of nitrogens with zero attached hydrogens (tertiary/aromatic N) is 1. The number of carbonyl (C=O) groups excluding carboxylic acids is 1. The monoisotopic (exact) mass is 308 g/mol. The number of aromatic nitrogens is 1. The highest BCUT2D eigenvalue weighted by molar-refractivity contribution is 7.15. The van der Waals surface area contributed by atoms with Crippen LogP contribution in [-0.2, 0) is 17.6 Å². The largest absolute Gasteiger partial charge is 0.302 e. The smallest absolute Gasteiger partial charge is 0.227 e. The van der Waals surface area contributed by atoms with Crippen molar-refractivity contribution in [2.45, 2.75) is 26.2 Å². The van der Waals surface area contributed by atoms with Gasteiger partial charge in [-0.2, -0.15) is 0 Å². The van der Waals surface area contributed by atoms with Crippen molar-refractivity contribution in [1.29, 1.82) is 0 Å². The molecule has 106 valence electrons. The molecule has 2 rings (SSSR count). The maximum absolute atomic E-state index is 11.4. The van der Waals surface area contributed by atoms with Crippen LogP contribution in [0.25, 0.3) is 0 Å². The van der Waals surface area contributed by atoms with Crippen molar-refractivity contribution in [2.24, 2.45) is 0 Å². The van der Waals surface area contributed by atoms with Crippen LogP contribution in [0.4, 0.5) is 5.13 Å². The molecule has 0 atom stereocenters. The summed E-state index contributed by atoms with van der Waals surface area (Å²) in [5.74, 6) is 0.238. The van der Waals surface area contributed by atoms with Crippen LogP contribution >= 0.6 is 22.9 Å². The predicted octanol–water partition coefficient (Wildman–Crippen LogP) is 3.86. The first kappa shape index (κ1) is 15.0. The Hall–Kier alpha value is -1.39. The molecule has 3 nitrogen and oxygen atoms in total. The molecule has 0 aliphatic carbocycles. The van der Waals surface area contributed by atoms with Crippen molar-refractivity contribution in [3.05, 3.63) is 46.5 Å². The van der Waals surface area contributed by atoms with Crippen LogP contribution < -0.4 is 5.32 Å². The van der Waals surface area contributed by atoms with Gasteiger partial charge in [0, 0.05) is 29.8 Å². The van der Waals surface area contributed by atoms with Crippen molar-refractivity contribution in [2.75, 3.05) is 11.2 Å². The minimum atomic E-state index is -0.0896. The lowest BCUT2D eigenvalue weighted by atomic mass is 10.1. The van der Waals surface area contributed by atoms with Gasteiger partial charge in [0.1, 0.15) is 0 Å². The molecule has 20 heavy (non-hydrogen) atoms. The lowest BCUT2D eigenvalue weighted by Crippen LogP contribution is -2.11. The number of rotatable bonds is 6. The minimum absolute atomic E-state index is 0.0896. The number of alkyl halides is 1. The Balaban J connectivity index is 1.96. The number of hydrogen-bond acceptors (Lipinski definition) is 3. The van der Waals surface area contributed by atoms with E-state index >= 15 is 0 Å². The van der Waals surface area contributed by atoms with Gasteiger partial charge in [0.2, 0.25) is 5.91 Å². The van der Waals surface area contributed by atoms with E-state index in [-0.39, 0.29) is 5.91 Å². The van der Waals surface area contributed by atoms with Gasteiger partial charge in [-0.05, 0) is 17.5 Å². The summed E-state index contributed by atoms with van der Waals surface area (Å²) in [4.78, 5) is 16.8. The van der Waals surface area contributed by atoms with Crippen LogP contribution in [0.15, 0.2) is 30.5 Å². The van der Waals surface area contributed by atoms with Gasteiger partial charge in [0.25, 0.3) is 0 Å². The number of amides is 1. The highest BCUT2D eigenvalue weighted by Crippen LogP contribution is 2.21. The summed E-state index contributed by atoms with van der Waals surface area (Å²) in [5.41, 5.74) is 2.59. The van der Waals surface area contributed by atoms with E-state index in [4.69, 9.17) is 11.6 Å². The maximum atomic E-state index is 11.4. The van der Waals surface area contributed by atoms with Gasteiger partial charge in [0.05, 0.1) is 0 Å². The number of nitrogens with one attached hydrogen (secondary N) is 1. The van der Waals surface area contributed by atoms with Crippen LogP contribution in [0, 0.1) is 0 Å². The van der Waals surface area contributed by atoms with E-state index < -0.39 is 0 Å². The van der Waals surface area contributed by atoms with E-state index in [9.17, 15) is 4.79 Å². The molecule has 1 amide bonds. The zero-order chi connectivity index (χ0) is 14.4. The molecule has 1 aromatic carbocycles. The Morgan fingerprint density at radius 2 is 2.00 bits per heavy atom. The molecule has 0 spiro atoms. The van der Waals surface area contributed by atoms with Gasteiger partial charge in [-0.3, -0.25) is 4.79 Å². The van der Waals surface area contributed by atoms with Crippen LogP contribution in [0.3, 0.4) is 0 Å². The molecule has 5 heteroatoms. The average molecular weight is 309 g/mol.